The van der Waals surface area contributed by atoms with Crippen molar-refractivity contribution in [1.29, 1.82) is 0 Å². The second-order valence-electron chi connectivity index (χ2n) is 6.48. The van der Waals surface area contributed by atoms with E-state index in [0.717, 1.165) is 12.1 Å². The number of benzene rings is 3. The van der Waals surface area contributed by atoms with E-state index in [1.54, 1.807) is 13.0 Å². The Kier molecular flexibility index (Phi) is 6.27. The molecule has 0 aliphatic heterocycles. The van der Waals surface area contributed by atoms with Gasteiger partial charge in [-0.2, -0.15) is 13.5 Å². The van der Waals surface area contributed by atoms with Gasteiger partial charge in [-0.05, 0) is 42.8 Å². The first-order valence-corrected chi connectivity index (χ1v) is 10.3. The van der Waals surface area contributed by atoms with Gasteiger partial charge < -0.3 is 15.3 Å². The molecule has 4 N–H and O–H groups in total. The van der Waals surface area contributed by atoms with Crippen LogP contribution in [0.2, 0.25) is 0 Å². The Balaban J connectivity index is 1.93. The Labute approximate surface area is 181 Å². The molecule has 0 unspecified atom stereocenters. The number of phenolic OH excluding ortho intramolecular Hbond substituents is 2. The monoisotopic (exact) mass is 456 g/mol. The molecule has 0 saturated heterocycles. The summed E-state index contributed by atoms with van der Waals surface area (Å²) in [5.41, 5.74) is 0.455. The number of rotatable bonds is 6. The Morgan fingerprint density at radius 1 is 0.781 bits per heavy atom. The minimum atomic E-state index is -4.36. The van der Waals surface area contributed by atoms with Crippen LogP contribution in [-0.2, 0) is 10.1 Å². The molecular formula is C20H16N4O7S. The van der Waals surface area contributed by atoms with Crippen molar-refractivity contribution in [3.8, 4) is 11.5 Å². The van der Waals surface area contributed by atoms with Crippen LogP contribution >= 0.6 is 0 Å². The molecule has 0 amide bonds. The van der Waals surface area contributed by atoms with Crippen molar-refractivity contribution < 1.29 is 33.1 Å². The summed E-state index contributed by atoms with van der Waals surface area (Å²) in [5, 5.41) is 44.8. The van der Waals surface area contributed by atoms with Gasteiger partial charge in [-0.25, -0.2) is 4.79 Å². The normalized spacial score (nSPS) is 11.9. The van der Waals surface area contributed by atoms with E-state index >= 15 is 0 Å². The molecule has 0 aromatic heterocycles. The van der Waals surface area contributed by atoms with E-state index in [1.807, 2.05) is 0 Å². The van der Waals surface area contributed by atoms with E-state index in [1.165, 1.54) is 36.4 Å². The van der Waals surface area contributed by atoms with Gasteiger partial charge in [0, 0.05) is 12.1 Å². The van der Waals surface area contributed by atoms with Crippen molar-refractivity contribution in [3.05, 3.63) is 65.7 Å². The van der Waals surface area contributed by atoms with Crippen molar-refractivity contribution in [3.63, 3.8) is 0 Å². The molecule has 0 saturated carbocycles. The first-order valence-electron chi connectivity index (χ1n) is 8.86. The van der Waals surface area contributed by atoms with Crippen LogP contribution < -0.4 is 0 Å². The van der Waals surface area contributed by atoms with E-state index < -0.39 is 27.6 Å². The highest BCUT2D eigenvalue weighted by Crippen LogP contribution is 2.40. The molecule has 0 heterocycles. The lowest BCUT2D eigenvalue weighted by Gasteiger charge is -2.04. The fourth-order valence-electron chi connectivity index (χ4n) is 2.57. The predicted molar refractivity (Wildman–Crippen MR) is 113 cm³/mol. The van der Waals surface area contributed by atoms with Crippen LogP contribution in [0.5, 0.6) is 11.5 Å². The number of aryl methyl sites for hydroxylation is 1. The summed E-state index contributed by atoms with van der Waals surface area (Å²) in [5.74, 6) is -2.03. The van der Waals surface area contributed by atoms with Crippen LogP contribution in [0, 0.1) is 6.92 Å². The summed E-state index contributed by atoms with van der Waals surface area (Å²) in [6, 6.07) is 11.7. The van der Waals surface area contributed by atoms with E-state index in [0.29, 0.717) is 5.56 Å². The summed E-state index contributed by atoms with van der Waals surface area (Å²) in [4.78, 5) is 11.0. The average Bonchev–Trinajstić information content (AvgIpc) is 2.72. The molecular weight excluding hydrogens is 440 g/mol. The van der Waals surface area contributed by atoms with Crippen LogP contribution in [0.15, 0.2) is 79.9 Å². The molecule has 32 heavy (non-hydrogen) atoms. The third-order valence-corrected chi connectivity index (χ3v) is 5.05. The van der Waals surface area contributed by atoms with Gasteiger partial charge in [0.15, 0.2) is 0 Å². The fourth-order valence-corrected chi connectivity index (χ4v) is 3.14. The molecule has 12 heteroatoms. The highest BCUT2D eigenvalue weighted by molar-refractivity contribution is 7.85. The molecule has 0 spiro atoms. The second kappa shape index (κ2) is 8.91. The molecule has 0 radical (unpaired) electrons. The molecule has 3 aromatic rings. The van der Waals surface area contributed by atoms with Gasteiger partial charge in [0.1, 0.15) is 28.6 Å². The zero-order valence-electron chi connectivity index (χ0n) is 16.4. The van der Waals surface area contributed by atoms with Gasteiger partial charge >= 0.3 is 5.97 Å². The molecule has 11 nitrogen and oxygen atoms in total. The number of hydrogen-bond acceptors (Lipinski definition) is 9. The number of carboxylic acid groups (broad SMARTS) is 1. The fraction of sp³-hybridized carbons (Fsp3) is 0.0500. The van der Waals surface area contributed by atoms with Gasteiger partial charge in [-0.3, -0.25) is 4.55 Å². The van der Waals surface area contributed by atoms with Crippen LogP contribution in [0.25, 0.3) is 0 Å². The van der Waals surface area contributed by atoms with Crippen LogP contribution in [0.4, 0.5) is 22.7 Å². The number of nitrogens with zero attached hydrogens (tertiary/aromatic N) is 4. The Bertz CT molecular complexity index is 1370. The van der Waals surface area contributed by atoms with Gasteiger partial charge in [-0.15, -0.1) is 15.3 Å². The Hall–Kier alpha value is -4.16. The van der Waals surface area contributed by atoms with Crippen LogP contribution in [0.3, 0.4) is 0 Å². The molecule has 164 valence electrons. The smallest absolute Gasteiger partial charge is 0.337 e. The number of hydrogen-bond donors (Lipinski definition) is 4. The highest BCUT2D eigenvalue weighted by Gasteiger charge is 2.13. The first-order chi connectivity index (χ1) is 15.1. The number of azo groups is 2. The molecule has 3 aromatic carbocycles. The summed E-state index contributed by atoms with van der Waals surface area (Å²) in [6.45, 7) is 1.55. The minimum Gasteiger partial charge on any atom is -0.505 e. The number of carboxylic acids is 1. The molecule has 3 rings (SSSR count). The van der Waals surface area contributed by atoms with Crippen LogP contribution in [-0.4, -0.2) is 34.3 Å². The van der Waals surface area contributed by atoms with E-state index in [4.69, 9.17) is 4.55 Å². The standard InChI is InChI=1S/C20H16N4O7S/c1-11-8-12(32(29,30)31)6-7-14(11)21-23-16-9-17(19(26)10-18(16)25)24-22-15-5-3-2-4-13(15)20(27)28/h2-10,25-26H,1H3,(H,27,28)(H,29,30,31). The van der Waals surface area contributed by atoms with Gasteiger partial charge in [-0.1, -0.05) is 12.1 Å². The summed E-state index contributed by atoms with van der Waals surface area (Å²) >= 11 is 0. The summed E-state index contributed by atoms with van der Waals surface area (Å²) in [7, 11) is -4.36. The predicted octanol–water partition coefficient (Wildman–Crippen LogP) is 5.18. The second-order valence-corrected chi connectivity index (χ2v) is 7.90. The van der Waals surface area contributed by atoms with Crippen molar-refractivity contribution in [1.82, 2.24) is 0 Å². The largest absolute Gasteiger partial charge is 0.505 e. The quantitative estimate of drug-likeness (QED) is 0.291. The summed E-state index contributed by atoms with van der Waals surface area (Å²) < 4.78 is 31.5. The SMILES string of the molecule is Cc1cc(S(=O)(=O)O)ccc1N=Nc1cc(N=Nc2ccccc2C(=O)O)c(O)cc1O. The Morgan fingerprint density at radius 2 is 1.34 bits per heavy atom. The van der Waals surface area contributed by atoms with Crippen LogP contribution in [0.1, 0.15) is 15.9 Å². The molecule has 0 aliphatic carbocycles. The number of aromatic carboxylic acids is 1. The van der Waals surface area contributed by atoms with E-state index in [2.05, 4.69) is 20.5 Å². The maximum Gasteiger partial charge on any atom is 0.337 e. The van der Waals surface area contributed by atoms with Gasteiger partial charge in [0.2, 0.25) is 0 Å². The third-order valence-electron chi connectivity index (χ3n) is 4.20. The Morgan fingerprint density at radius 3 is 1.91 bits per heavy atom. The third kappa shape index (κ3) is 5.11. The lowest BCUT2D eigenvalue weighted by Crippen LogP contribution is -1.97. The average molecular weight is 456 g/mol. The maximum absolute atomic E-state index is 11.3. The van der Waals surface area contributed by atoms with Crippen molar-refractivity contribution in [2.45, 2.75) is 11.8 Å². The highest BCUT2D eigenvalue weighted by atomic mass is 32.2. The summed E-state index contributed by atoms with van der Waals surface area (Å²) in [6.07, 6.45) is 0. The molecule has 0 bridgehead atoms. The number of aromatic hydroxyl groups is 2. The van der Waals surface area contributed by atoms with E-state index in [-0.39, 0.29) is 33.2 Å². The van der Waals surface area contributed by atoms with Crippen molar-refractivity contribution >= 4 is 38.8 Å². The number of carbonyl (C=O) groups is 1. The van der Waals surface area contributed by atoms with Gasteiger partial charge in [0.05, 0.1) is 16.1 Å². The zero-order chi connectivity index (χ0) is 23.5. The van der Waals surface area contributed by atoms with Crippen molar-refractivity contribution in [2.24, 2.45) is 20.5 Å². The molecule has 0 aliphatic rings. The van der Waals surface area contributed by atoms with Gasteiger partial charge in [0.25, 0.3) is 10.1 Å². The molecule has 0 fully saturated rings. The lowest BCUT2D eigenvalue weighted by molar-refractivity contribution is 0.0697. The van der Waals surface area contributed by atoms with E-state index in [9.17, 15) is 28.5 Å². The van der Waals surface area contributed by atoms with Crippen molar-refractivity contribution in [2.75, 3.05) is 0 Å². The zero-order valence-corrected chi connectivity index (χ0v) is 17.2. The number of phenols is 2. The first kappa shape index (κ1) is 22.5. The molecule has 0 atom stereocenters. The minimum absolute atomic E-state index is 0.0604. The maximum atomic E-state index is 11.3. The lowest BCUT2D eigenvalue weighted by atomic mass is 10.2. The topological polar surface area (TPSA) is 182 Å².